The second kappa shape index (κ2) is 5.91. The van der Waals surface area contributed by atoms with Crippen molar-refractivity contribution in [2.45, 2.75) is 40.7 Å². The van der Waals surface area contributed by atoms with Crippen LogP contribution in [0.2, 0.25) is 0 Å². The first-order chi connectivity index (χ1) is 8.77. The van der Waals surface area contributed by atoms with Crippen molar-refractivity contribution in [3.05, 3.63) is 28.2 Å². The van der Waals surface area contributed by atoms with Crippen molar-refractivity contribution in [3.63, 3.8) is 0 Å². The first-order valence-corrected chi connectivity index (χ1v) is 6.36. The van der Waals surface area contributed by atoms with Gasteiger partial charge in [0, 0.05) is 12.3 Å². The zero-order valence-electron chi connectivity index (χ0n) is 11.9. The van der Waals surface area contributed by atoms with Gasteiger partial charge in [0.15, 0.2) is 5.75 Å². The van der Waals surface area contributed by atoms with Crippen LogP contribution in [-0.2, 0) is 22.5 Å². The Hall–Kier alpha value is -1.78. The third-order valence-corrected chi connectivity index (χ3v) is 2.77. The fourth-order valence-corrected chi connectivity index (χ4v) is 1.64. The molecule has 1 heterocycles. The number of aromatic nitrogens is 1. The van der Waals surface area contributed by atoms with E-state index in [0.29, 0.717) is 18.7 Å². The number of carbonyl (C=O) groups is 1. The molecule has 0 aliphatic heterocycles. The van der Waals surface area contributed by atoms with Crippen molar-refractivity contribution in [1.82, 2.24) is 4.57 Å². The molecule has 1 rings (SSSR count). The summed E-state index contributed by atoms with van der Waals surface area (Å²) in [7, 11) is 0. The van der Waals surface area contributed by atoms with Gasteiger partial charge < -0.3 is 14.4 Å². The number of pyridine rings is 1. The van der Waals surface area contributed by atoms with Gasteiger partial charge in [-0.1, -0.05) is 6.92 Å². The topological polar surface area (TPSA) is 68.5 Å². The third kappa shape index (κ3) is 3.84. The maximum atomic E-state index is 11.6. The maximum absolute atomic E-state index is 11.6. The quantitative estimate of drug-likeness (QED) is 0.843. The Morgan fingerprint density at radius 3 is 2.58 bits per heavy atom. The Labute approximate surface area is 112 Å². The van der Waals surface area contributed by atoms with Gasteiger partial charge in [-0.25, -0.2) is 0 Å². The summed E-state index contributed by atoms with van der Waals surface area (Å²) >= 11 is 0. The number of nitrogens with zero attached hydrogens (tertiary/aromatic N) is 1. The van der Waals surface area contributed by atoms with E-state index in [4.69, 9.17) is 4.74 Å². The number of esters is 1. The molecule has 0 fully saturated rings. The van der Waals surface area contributed by atoms with E-state index in [0.717, 1.165) is 0 Å². The monoisotopic (exact) mass is 267 g/mol. The first kappa shape index (κ1) is 15.3. The van der Waals surface area contributed by atoms with Crippen LogP contribution in [0.15, 0.2) is 17.1 Å². The third-order valence-electron chi connectivity index (χ3n) is 2.77. The standard InChI is InChI=1S/C14H21NO4/c1-5-10-12(17)11(16)6-7-15(10)8-9-19-13(18)14(2,3)4/h6-7,17H,5,8-9H2,1-4H3. The van der Waals surface area contributed by atoms with E-state index in [-0.39, 0.29) is 23.8 Å². The molecule has 106 valence electrons. The molecule has 5 nitrogen and oxygen atoms in total. The minimum atomic E-state index is -0.529. The number of hydrogen-bond donors (Lipinski definition) is 1. The molecule has 0 aromatic carbocycles. The van der Waals surface area contributed by atoms with E-state index in [1.54, 1.807) is 31.5 Å². The molecule has 0 bridgehead atoms. The molecule has 0 saturated carbocycles. The summed E-state index contributed by atoms with van der Waals surface area (Å²) in [4.78, 5) is 22.9. The van der Waals surface area contributed by atoms with Crippen molar-refractivity contribution in [1.29, 1.82) is 0 Å². The second-order valence-corrected chi connectivity index (χ2v) is 5.41. The zero-order chi connectivity index (χ0) is 14.6. The molecule has 0 atom stereocenters. The van der Waals surface area contributed by atoms with Gasteiger partial charge in [0.2, 0.25) is 5.43 Å². The van der Waals surface area contributed by atoms with E-state index >= 15 is 0 Å². The number of rotatable bonds is 4. The molecule has 5 heteroatoms. The first-order valence-electron chi connectivity index (χ1n) is 6.36. The molecule has 0 radical (unpaired) electrons. The largest absolute Gasteiger partial charge is 0.503 e. The molecular formula is C14H21NO4. The summed E-state index contributed by atoms with van der Waals surface area (Å²) in [6.45, 7) is 7.85. The number of hydrogen-bond acceptors (Lipinski definition) is 4. The molecule has 1 N–H and O–H groups in total. The lowest BCUT2D eigenvalue weighted by Crippen LogP contribution is -2.25. The Bertz CT molecular complexity index is 511. The SMILES string of the molecule is CCc1c(O)c(=O)ccn1CCOC(=O)C(C)(C)C. The van der Waals surface area contributed by atoms with Gasteiger partial charge in [-0.05, 0) is 27.2 Å². The van der Waals surface area contributed by atoms with Gasteiger partial charge in [-0.2, -0.15) is 0 Å². The van der Waals surface area contributed by atoms with Crippen LogP contribution in [0.4, 0.5) is 0 Å². The lowest BCUT2D eigenvalue weighted by Gasteiger charge is -2.18. The summed E-state index contributed by atoms with van der Waals surface area (Å²) in [5.74, 6) is -0.497. The summed E-state index contributed by atoms with van der Waals surface area (Å²) in [5, 5.41) is 9.68. The van der Waals surface area contributed by atoms with E-state index in [1.165, 1.54) is 6.07 Å². The van der Waals surface area contributed by atoms with E-state index in [2.05, 4.69) is 0 Å². The van der Waals surface area contributed by atoms with Gasteiger partial charge in [-0.3, -0.25) is 9.59 Å². The van der Waals surface area contributed by atoms with Crippen molar-refractivity contribution in [3.8, 4) is 5.75 Å². The molecule has 1 aromatic rings. The fraction of sp³-hybridized carbons (Fsp3) is 0.571. The summed E-state index contributed by atoms with van der Waals surface area (Å²) in [6.07, 6.45) is 2.14. The number of aromatic hydroxyl groups is 1. The molecule has 19 heavy (non-hydrogen) atoms. The van der Waals surface area contributed by atoms with Gasteiger partial charge in [0.25, 0.3) is 0 Å². The molecule has 0 aliphatic carbocycles. The lowest BCUT2D eigenvalue weighted by molar-refractivity contribution is -0.153. The highest BCUT2D eigenvalue weighted by atomic mass is 16.5. The van der Waals surface area contributed by atoms with Crippen LogP contribution < -0.4 is 5.43 Å². The van der Waals surface area contributed by atoms with Crippen molar-refractivity contribution in [2.75, 3.05) is 6.61 Å². The lowest BCUT2D eigenvalue weighted by atomic mass is 9.97. The molecular weight excluding hydrogens is 246 g/mol. The van der Waals surface area contributed by atoms with Crippen LogP contribution in [0.5, 0.6) is 5.75 Å². The summed E-state index contributed by atoms with van der Waals surface area (Å²) in [6, 6.07) is 1.31. The van der Waals surface area contributed by atoms with Crippen LogP contribution in [-0.4, -0.2) is 22.2 Å². The molecule has 1 aromatic heterocycles. The Balaban J connectivity index is 2.72. The minimum Gasteiger partial charge on any atom is -0.503 e. The van der Waals surface area contributed by atoms with Gasteiger partial charge in [0.05, 0.1) is 17.7 Å². The molecule has 0 spiro atoms. The molecule has 0 saturated heterocycles. The van der Waals surface area contributed by atoms with E-state index in [1.807, 2.05) is 6.92 Å². The smallest absolute Gasteiger partial charge is 0.311 e. The Morgan fingerprint density at radius 2 is 2.05 bits per heavy atom. The second-order valence-electron chi connectivity index (χ2n) is 5.41. The molecule has 0 unspecified atom stereocenters. The van der Waals surface area contributed by atoms with Crippen molar-refractivity contribution in [2.24, 2.45) is 5.41 Å². The van der Waals surface area contributed by atoms with Gasteiger partial charge in [0.1, 0.15) is 6.61 Å². The Kier molecular flexibility index (Phi) is 4.75. The van der Waals surface area contributed by atoms with Crippen LogP contribution in [0.1, 0.15) is 33.4 Å². The Morgan fingerprint density at radius 1 is 1.42 bits per heavy atom. The molecule has 0 amide bonds. The predicted molar refractivity (Wildman–Crippen MR) is 72.2 cm³/mol. The van der Waals surface area contributed by atoms with E-state index in [9.17, 15) is 14.7 Å². The highest BCUT2D eigenvalue weighted by molar-refractivity contribution is 5.75. The number of carbonyl (C=O) groups excluding carboxylic acids is 1. The van der Waals surface area contributed by atoms with Crippen molar-refractivity contribution < 1.29 is 14.6 Å². The van der Waals surface area contributed by atoms with Crippen LogP contribution in [0.25, 0.3) is 0 Å². The van der Waals surface area contributed by atoms with Crippen LogP contribution >= 0.6 is 0 Å². The van der Waals surface area contributed by atoms with Crippen LogP contribution in [0, 0.1) is 5.41 Å². The van der Waals surface area contributed by atoms with Gasteiger partial charge in [-0.15, -0.1) is 0 Å². The summed E-state index contributed by atoms with van der Waals surface area (Å²) < 4.78 is 6.89. The predicted octanol–water partition coefficient (Wildman–Crippen LogP) is 1.71. The number of ether oxygens (including phenoxy) is 1. The molecule has 0 aliphatic rings. The van der Waals surface area contributed by atoms with Crippen LogP contribution in [0.3, 0.4) is 0 Å². The normalized spacial score (nSPS) is 11.4. The maximum Gasteiger partial charge on any atom is 0.311 e. The summed E-state index contributed by atoms with van der Waals surface area (Å²) in [5.41, 5.74) is -0.363. The van der Waals surface area contributed by atoms with Gasteiger partial charge >= 0.3 is 5.97 Å². The fourth-order valence-electron chi connectivity index (χ4n) is 1.64. The highest BCUT2D eigenvalue weighted by Gasteiger charge is 2.22. The van der Waals surface area contributed by atoms with Crippen molar-refractivity contribution >= 4 is 5.97 Å². The highest BCUT2D eigenvalue weighted by Crippen LogP contribution is 2.15. The van der Waals surface area contributed by atoms with E-state index < -0.39 is 5.41 Å². The average molecular weight is 267 g/mol. The average Bonchev–Trinajstić information content (AvgIpc) is 2.32. The minimum absolute atomic E-state index is 0.214. The zero-order valence-corrected chi connectivity index (χ0v) is 11.9.